The van der Waals surface area contributed by atoms with Gasteiger partial charge in [-0.25, -0.2) is 0 Å². The van der Waals surface area contributed by atoms with E-state index in [0.29, 0.717) is 12.5 Å². The Bertz CT molecular complexity index is 118. The average molecular weight is 172 g/mol. The summed E-state index contributed by atoms with van der Waals surface area (Å²) >= 11 is 1.89. The number of hydrogen-bond acceptors (Lipinski definition) is 3. The molecular formula is C8H16N2S. The normalized spacial score (nSPS) is 12.5. The molecule has 0 heterocycles. The average Bonchev–Trinajstić information content (AvgIpc) is 1.96. The number of rotatable bonds is 6. The minimum absolute atomic E-state index is 0.318. The predicted molar refractivity (Wildman–Crippen MR) is 50.4 cm³/mol. The molecule has 2 nitrogen and oxygen atoms in total. The van der Waals surface area contributed by atoms with Crippen LogP contribution in [0.1, 0.15) is 26.2 Å². The maximum atomic E-state index is 8.23. The lowest BCUT2D eigenvalue weighted by molar-refractivity contribution is 0.721. The van der Waals surface area contributed by atoms with E-state index in [2.05, 4.69) is 6.07 Å². The van der Waals surface area contributed by atoms with E-state index in [1.54, 1.807) is 0 Å². The first kappa shape index (κ1) is 10.8. The van der Waals surface area contributed by atoms with Gasteiger partial charge >= 0.3 is 0 Å². The van der Waals surface area contributed by atoms with Crippen LogP contribution in [0.3, 0.4) is 0 Å². The smallest absolute Gasteiger partial charge is 0.0622 e. The quantitative estimate of drug-likeness (QED) is 0.621. The van der Waals surface area contributed by atoms with E-state index in [9.17, 15) is 0 Å². The predicted octanol–water partition coefficient (Wildman–Crippen LogP) is 1.76. The zero-order chi connectivity index (χ0) is 8.53. The van der Waals surface area contributed by atoms with Crippen molar-refractivity contribution in [2.45, 2.75) is 32.2 Å². The van der Waals surface area contributed by atoms with Gasteiger partial charge in [-0.05, 0) is 31.3 Å². The molecule has 11 heavy (non-hydrogen) atoms. The van der Waals surface area contributed by atoms with E-state index in [0.717, 1.165) is 24.3 Å². The molecular weight excluding hydrogens is 156 g/mol. The second-order valence-electron chi connectivity index (χ2n) is 2.64. The van der Waals surface area contributed by atoms with Crippen molar-refractivity contribution in [1.82, 2.24) is 0 Å². The molecule has 0 aromatic heterocycles. The molecule has 3 heteroatoms. The Balaban J connectivity index is 2.86. The van der Waals surface area contributed by atoms with Crippen molar-refractivity contribution in [2.24, 2.45) is 5.73 Å². The number of nitrogens with two attached hydrogens (primary N) is 1. The Morgan fingerprint density at radius 2 is 2.27 bits per heavy atom. The Morgan fingerprint density at radius 3 is 2.82 bits per heavy atom. The lowest BCUT2D eigenvalue weighted by Crippen LogP contribution is -2.15. The third-order valence-electron chi connectivity index (χ3n) is 1.29. The number of nitrogens with zero attached hydrogens (tertiary/aromatic N) is 1. The van der Waals surface area contributed by atoms with Gasteiger partial charge in [-0.3, -0.25) is 0 Å². The summed E-state index contributed by atoms with van der Waals surface area (Å²) in [6.45, 7) is 2.02. The van der Waals surface area contributed by atoms with Crippen LogP contribution >= 0.6 is 11.8 Å². The molecule has 0 radical (unpaired) electrons. The van der Waals surface area contributed by atoms with Crippen LogP contribution in [-0.2, 0) is 0 Å². The standard InChI is InChI=1S/C8H16N2S/c1-8(10)4-7-11-6-3-2-5-9/h8H,2-4,6-7,10H2,1H3. The summed E-state index contributed by atoms with van der Waals surface area (Å²) in [5.41, 5.74) is 5.57. The Labute approximate surface area is 73.1 Å². The number of thioether (sulfide) groups is 1. The highest BCUT2D eigenvalue weighted by atomic mass is 32.2. The highest BCUT2D eigenvalue weighted by molar-refractivity contribution is 7.99. The fraction of sp³-hybridized carbons (Fsp3) is 0.875. The fourth-order valence-corrected chi connectivity index (χ4v) is 1.72. The highest BCUT2D eigenvalue weighted by Gasteiger charge is 1.93. The number of nitriles is 1. The minimum atomic E-state index is 0.318. The summed E-state index contributed by atoms with van der Waals surface area (Å²) in [4.78, 5) is 0. The van der Waals surface area contributed by atoms with E-state index in [1.165, 1.54) is 0 Å². The molecule has 0 aliphatic carbocycles. The van der Waals surface area contributed by atoms with Crippen LogP contribution in [0.4, 0.5) is 0 Å². The lowest BCUT2D eigenvalue weighted by atomic mass is 10.3. The zero-order valence-electron chi connectivity index (χ0n) is 7.05. The Morgan fingerprint density at radius 1 is 1.55 bits per heavy atom. The van der Waals surface area contributed by atoms with Crippen molar-refractivity contribution >= 4 is 11.8 Å². The monoisotopic (exact) mass is 172 g/mol. The van der Waals surface area contributed by atoms with Gasteiger partial charge in [0.05, 0.1) is 6.07 Å². The molecule has 0 amide bonds. The van der Waals surface area contributed by atoms with Gasteiger partial charge in [-0.1, -0.05) is 0 Å². The summed E-state index contributed by atoms with van der Waals surface area (Å²) < 4.78 is 0. The van der Waals surface area contributed by atoms with Crippen LogP contribution in [0, 0.1) is 11.3 Å². The number of unbranched alkanes of at least 4 members (excludes halogenated alkanes) is 1. The molecule has 2 N–H and O–H groups in total. The molecule has 0 aliphatic heterocycles. The summed E-state index contributed by atoms with van der Waals surface area (Å²) in [6, 6.07) is 2.45. The zero-order valence-corrected chi connectivity index (χ0v) is 7.86. The van der Waals surface area contributed by atoms with E-state index >= 15 is 0 Å². The molecule has 1 unspecified atom stereocenters. The van der Waals surface area contributed by atoms with Crippen molar-refractivity contribution in [3.63, 3.8) is 0 Å². The Hall–Kier alpha value is -0.200. The van der Waals surface area contributed by atoms with Crippen molar-refractivity contribution in [3.05, 3.63) is 0 Å². The third-order valence-corrected chi connectivity index (χ3v) is 2.40. The van der Waals surface area contributed by atoms with Gasteiger partial charge in [-0.15, -0.1) is 0 Å². The van der Waals surface area contributed by atoms with Crippen molar-refractivity contribution in [3.8, 4) is 6.07 Å². The molecule has 0 spiro atoms. The van der Waals surface area contributed by atoms with Crippen LogP contribution in [-0.4, -0.2) is 17.5 Å². The summed E-state index contributed by atoms with van der Waals surface area (Å²) in [6.07, 6.45) is 2.78. The first-order chi connectivity index (χ1) is 5.27. The molecule has 0 aromatic rings. The van der Waals surface area contributed by atoms with Gasteiger partial charge in [0.25, 0.3) is 0 Å². The van der Waals surface area contributed by atoms with Crippen LogP contribution in [0.25, 0.3) is 0 Å². The second-order valence-corrected chi connectivity index (χ2v) is 3.86. The summed E-state index contributed by atoms with van der Waals surface area (Å²) in [7, 11) is 0. The molecule has 0 saturated carbocycles. The summed E-state index contributed by atoms with van der Waals surface area (Å²) in [5.74, 6) is 2.23. The van der Waals surface area contributed by atoms with Gasteiger partial charge in [0.15, 0.2) is 0 Å². The molecule has 1 atom stereocenters. The van der Waals surface area contributed by atoms with Crippen molar-refractivity contribution < 1.29 is 0 Å². The van der Waals surface area contributed by atoms with Gasteiger partial charge in [0.1, 0.15) is 0 Å². The van der Waals surface area contributed by atoms with Crippen LogP contribution in [0.15, 0.2) is 0 Å². The van der Waals surface area contributed by atoms with Crippen LogP contribution in [0.5, 0.6) is 0 Å². The maximum absolute atomic E-state index is 8.23. The van der Waals surface area contributed by atoms with E-state index < -0.39 is 0 Å². The molecule has 0 saturated heterocycles. The van der Waals surface area contributed by atoms with Gasteiger partial charge in [0.2, 0.25) is 0 Å². The molecule has 0 rings (SSSR count). The van der Waals surface area contributed by atoms with Crippen molar-refractivity contribution in [2.75, 3.05) is 11.5 Å². The van der Waals surface area contributed by atoms with Crippen LogP contribution < -0.4 is 5.73 Å². The van der Waals surface area contributed by atoms with Gasteiger partial charge in [0, 0.05) is 12.5 Å². The molecule has 0 aliphatic rings. The lowest BCUT2D eigenvalue weighted by Gasteiger charge is -2.02. The molecule has 0 aromatic carbocycles. The van der Waals surface area contributed by atoms with E-state index in [1.807, 2.05) is 18.7 Å². The highest BCUT2D eigenvalue weighted by Crippen LogP contribution is 2.06. The fourth-order valence-electron chi connectivity index (χ4n) is 0.625. The molecule has 0 fully saturated rings. The third kappa shape index (κ3) is 9.80. The van der Waals surface area contributed by atoms with Gasteiger partial charge in [-0.2, -0.15) is 17.0 Å². The van der Waals surface area contributed by atoms with Crippen molar-refractivity contribution in [1.29, 1.82) is 5.26 Å². The first-order valence-electron chi connectivity index (χ1n) is 3.97. The Kier molecular flexibility index (Phi) is 7.76. The molecule has 0 bridgehead atoms. The van der Waals surface area contributed by atoms with E-state index in [-0.39, 0.29) is 0 Å². The SMILES string of the molecule is CC(N)CCSCCCC#N. The number of hydrogen-bond donors (Lipinski definition) is 1. The topological polar surface area (TPSA) is 49.8 Å². The van der Waals surface area contributed by atoms with E-state index in [4.69, 9.17) is 11.0 Å². The van der Waals surface area contributed by atoms with Crippen LogP contribution in [0.2, 0.25) is 0 Å². The molecule has 64 valence electrons. The first-order valence-corrected chi connectivity index (χ1v) is 5.13. The second kappa shape index (κ2) is 7.90. The largest absolute Gasteiger partial charge is 0.328 e. The minimum Gasteiger partial charge on any atom is -0.328 e. The maximum Gasteiger partial charge on any atom is 0.0622 e. The summed E-state index contributed by atoms with van der Waals surface area (Å²) in [5, 5.41) is 8.23. The van der Waals surface area contributed by atoms with Gasteiger partial charge < -0.3 is 5.73 Å².